The van der Waals surface area contributed by atoms with E-state index in [0.717, 1.165) is 6.42 Å². The van der Waals surface area contributed by atoms with Crippen LogP contribution in [0.1, 0.15) is 23.7 Å². The van der Waals surface area contributed by atoms with Gasteiger partial charge in [0.1, 0.15) is 5.82 Å². The molecule has 0 bridgehead atoms. The number of hydrogen-bond acceptors (Lipinski definition) is 1. The smallest absolute Gasteiger partial charge is 0.256 e. The molecular weight excluding hydrogens is 217 g/mol. The SMILES string of the molecule is CCCN(C)C(=O)c1cc(Cl)ccc1F. The summed E-state index contributed by atoms with van der Waals surface area (Å²) >= 11 is 5.71. The lowest BCUT2D eigenvalue weighted by Crippen LogP contribution is -2.28. The minimum Gasteiger partial charge on any atom is -0.342 e. The molecule has 1 aromatic rings. The lowest BCUT2D eigenvalue weighted by Gasteiger charge is -2.16. The van der Waals surface area contributed by atoms with E-state index < -0.39 is 5.82 Å². The van der Waals surface area contributed by atoms with E-state index in [9.17, 15) is 9.18 Å². The Kier molecular flexibility index (Phi) is 4.09. The van der Waals surface area contributed by atoms with Gasteiger partial charge in [0.05, 0.1) is 5.56 Å². The van der Waals surface area contributed by atoms with Gasteiger partial charge in [-0.25, -0.2) is 4.39 Å². The molecule has 1 aromatic carbocycles. The molecule has 0 saturated heterocycles. The van der Waals surface area contributed by atoms with Crippen LogP contribution in [0.2, 0.25) is 5.02 Å². The van der Waals surface area contributed by atoms with Gasteiger partial charge in [-0.3, -0.25) is 4.79 Å². The van der Waals surface area contributed by atoms with Gasteiger partial charge in [0, 0.05) is 18.6 Å². The normalized spacial score (nSPS) is 10.1. The summed E-state index contributed by atoms with van der Waals surface area (Å²) in [7, 11) is 1.65. The van der Waals surface area contributed by atoms with Crippen molar-refractivity contribution in [2.75, 3.05) is 13.6 Å². The average molecular weight is 230 g/mol. The number of amides is 1. The molecule has 0 atom stereocenters. The summed E-state index contributed by atoms with van der Waals surface area (Å²) in [6, 6.07) is 3.98. The first kappa shape index (κ1) is 12.0. The average Bonchev–Trinajstić information content (AvgIpc) is 2.21. The summed E-state index contributed by atoms with van der Waals surface area (Å²) in [5, 5.41) is 0.365. The fourth-order valence-corrected chi connectivity index (χ4v) is 1.48. The Morgan fingerprint density at radius 1 is 1.53 bits per heavy atom. The summed E-state index contributed by atoms with van der Waals surface area (Å²) in [4.78, 5) is 13.2. The molecule has 82 valence electrons. The Morgan fingerprint density at radius 3 is 2.80 bits per heavy atom. The van der Waals surface area contributed by atoms with Crippen LogP contribution in [-0.2, 0) is 0 Å². The van der Waals surface area contributed by atoms with Gasteiger partial charge in [-0.05, 0) is 24.6 Å². The van der Waals surface area contributed by atoms with E-state index >= 15 is 0 Å². The van der Waals surface area contributed by atoms with Gasteiger partial charge in [0.15, 0.2) is 0 Å². The number of nitrogens with zero attached hydrogens (tertiary/aromatic N) is 1. The standard InChI is InChI=1S/C11H13ClFNO/c1-3-6-14(2)11(15)9-7-8(12)4-5-10(9)13/h4-5,7H,3,6H2,1-2H3. The highest BCUT2D eigenvalue weighted by molar-refractivity contribution is 6.30. The van der Waals surface area contributed by atoms with Gasteiger partial charge < -0.3 is 4.90 Å². The highest BCUT2D eigenvalue weighted by atomic mass is 35.5. The zero-order valence-electron chi connectivity index (χ0n) is 8.76. The van der Waals surface area contributed by atoms with Crippen LogP contribution < -0.4 is 0 Å². The summed E-state index contributed by atoms with van der Waals surface area (Å²) in [6.07, 6.45) is 0.838. The molecule has 0 unspecified atom stereocenters. The molecule has 1 rings (SSSR count). The first-order valence-electron chi connectivity index (χ1n) is 4.76. The van der Waals surface area contributed by atoms with Crippen molar-refractivity contribution < 1.29 is 9.18 Å². The quantitative estimate of drug-likeness (QED) is 0.781. The fourth-order valence-electron chi connectivity index (χ4n) is 1.30. The number of carbonyl (C=O) groups excluding carboxylic acids is 1. The number of carbonyl (C=O) groups is 1. The van der Waals surface area contributed by atoms with E-state index in [1.165, 1.54) is 23.1 Å². The zero-order valence-corrected chi connectivity index (χ0v) is 9.51. The van der Waals surface area contributed by atoms with Gasteiger partial charge in [-0.2, -0.15) is 0 Å². The second-order valence-electron chi connectivity index (χ2n) is 3.35. The monoisotopic (exact) mass is 229 g/mol. The van der Waals surface area contributed by atoms with Crippen molar-refractivity contribution in [2.24, 2.45) is 0 Å². The molecule has 2 nitrogen and oxygen atoms in total. The fraction of sp³-hybridized carbons (Fsp3) is 0.364. The molecule has 0 aromatic heterocycles. The zero-order chi connectivity index (χ0) is 11.4. The van der Waals surface area contributed by atoms with E-state index in [0.29, 0.717) is 11.6 Å². The third-order valence-corrected chi connectivity index (χ3v) is 2.30. The molecule has 0 aliphatic heterocycles. The van der Waals surface area contributed by atoms with Gasteiger partial charge in [-0.15, -0.1) is 0 Å². The summed E-state index contributed by atoms with van der Waals surface area (Å²) in [5.74, 6) is -0.871. The molecular formula is C11H13ClFNO. The Bertz CT molecular complexity index is 368. The van der Waals surface area contributed by atoms with Gasteiger partial charge >= 0.3 is 0 Å². The van der Waals surface area contributed by atoms with Crippen molar-refractivity contribution in [3.63, 3.8) is 0 Å². The van der Waals surface area contributed by atoms with Crippen LogP contribution in [-0.4, -0.2) is 24.4 Å². The maximum atomic E-state index is 13.3. The van der Waals surface area contributed by atoms with E-state index in [2.05, 4.69) is 0 Å². The van der Waals surface area contributed by atoms with Crippen molar-refractivity contribution in [2.45, 2.75) is 13.3 Å². The third-order valence-electron chi connectivity index (χ3n) is 2.06. The molecule has 0 radical (unpaired) electrons. The first-order chi connectivity index (χ1) is 7.06. The van der Waals surface area contributed by atoms with Crippen molar-refractivity contribution in [1.82, 2.24) is 4.90 Å². The largest absolute Gasteiger partial charge is 0.342 e. The topological polar surface area (TPSA) is 20.3 Å². The van der Waals surface area contributed by atoms with Crippen molar-refractivity contribution in [3.05, 3.63) is 34.6 Å². The lowest BCUT2D eigenvalue weighted by molar-refractivity contribution is 0.0790. The molecule has 0 fully saturated rings. The Balaban J connectivity index is 2.95. The summed E-state index contributed by atoms with van der Waals surface area (Å²) < 4.78 is 13.3. The molecule has 0 N–H and O–H groups in total. The van der Waals surface area contributed by atoms with Crippen LogP contribution >= 0.6 is 11.6 Å². The molecule has 0 spiro atoms. The highest BCUT2D eigenvalue weighted by Gasteiger charge is 2.15. The predicted octanol–water partition coefficient (Wildman–Crippen LogP) is 2.96. The van der Waals surface area contributed by atoms with Crippen LogP contribution in [0.3, 0.4) is 0 Å². The van der Waals surface area contributed by atoms with Crippen molar-refractivity contribution >= 4 is 17.5 Å². The maximum Gasteiger partial charge on any atom is 0.256 e. The third kappa shape index (κ3) is 2.93. The molecule has 15 heavy (non-hydrogen) atoms. The van der Waals surface area contributed by atoms with Crippen LogP contribution in [0.25, 0.3) is 0 Å². The van der Waals surface area contributed by atoms with E-state index in [1.807, 2.05) is 6.92 Å². The number of hydrogen-bond donors (Lipinski definition) is 0. The van der Waals surface area contributed by atoms with Crippen LogP contribution in [0.4, 0.5) is 4.39 Å². The number of benzene rings is 1. The molecule has 1 amide bonds. The van der Waals surface area contributed by atoms with Crippen LogP contribution in [0.5, 0.6) is 0 Å². The maximum absolute atomic E-state index is 13.3. The predicted molar refractivity (Wildman–Crippen MR) is 58.7 cm³/mol. The van der Waals surface area contributed by atoms with Crippen LogP contribution in [0.15, 0.2) is 18.2 Å². The van der Waals surface area contributed by atoms with Crippen molar-refractivity contribution in [3.8, 4) is 0 Å². The van der Waals surface area contributed by atoms with E-state index in [4.69, 9.17) is 11.6 Å². The second-order valence-corrected chi connectivity index (χ2v) is 3.79. The summed E-state index contributed by atoms with van der Waals surface area (Å²) in [6.45, 7) is 2.56. The van der Waals surface area contributed by atoms with E-state index in [1.54, 1.807) is 7.05 Å². The number of halogens is 2. The van der Waals surface area contributed by atoms with Gasteiger partial charge in [0.2, 0.25) is 0 Å². The molecule has 0 aliphatic rings. The minimum atomic E-state index is -0.535. The van der Waals surface area contributed by atoms with Crippen molar-refractivity contribution in [1.29, 1.82) is 0 Å². The summed E-state index contributed by atoms with van der Waals surface area (Å²) in [5.41, 5.74) is 0.0263. The minimum absolute atomic E-state index is 0.0263. The second kappa shape index (κ2) is 5.12. The highest BCUT2D eigenvalue weighted by Crippen LogP contribution is 2.16. The van der Waals surface area contributed by atoms with Crippen LogP contribution in [0, 0.1) is 5.82 Å². The van der Waals surface area contributed by atoms with Gasteiger partial charge in [0.25, 0.3) is 5.91 Å². The van der Waals surface area contributed by atoms with Gasteiger partial charge in [-0.1, -0.05) is 18.5 Å². The van der Waals surface area contributed by atoms with E-state index in [-0.39, 0.29) is 11.5 Å². The molecule has 0 heterocycles. The lowest BCUT2D eigenvalue weighted by atomic mass is 10.2. The molecule has 0 aliphatic carbocycles. The number of rotatable bonds is 3. The Hall–Kier alpha value is -1.09. The Morgan fingerprint density at radius 2 is 2.20 bits per heavy atom. The molecule has 0 saturated carbocycles. The first-order valence-corrected chi connectivity index (χ1v) is 5.14. The molecule has 4 heteroatoms. The Labute approximate surface area is 93.6 Å².